The molecular weight excluding hydrogens is 440 g/mol. The van der Waals surface area contributed by atoms with Crippen molar-refractivity contribution in [3.8, 4) is 0 Å². The molecule has 0 atom stereocenters. The zero-order valence-corrected chi connectivity index (χ0v) is 24.2. The molecule has 0 unspecified atom stereocenters. The van der Waals surface area contributed by atoms with E-state index < -0.39 is 10.1 Å². The maximum atomic E-state index is 12.0. The molecule has 206 valence electrons. The van der Waals surface area contributed by atoms with E-state index in [1.807, 2.05) is 0 Å². The van der Waals surface area contributed by atoms with Crippen molar-refractivity contribution in [3.63, 3.8) is 0 Å². The fraction of sp³-hybridized carbons (Fsp3) is 1.00. The summed E-state index contributed by atoms with van der Waals surface area (Å²) in [6.07, 6.45) is 33.5. The van der Waals surface area contributed by atoms with Crippen LogP contribution in [0, 0.1) is 0 Å². The molecule has 0 radical (unpaired) electrons. The quantitative estimate of drug-likeness (QED) is 0.0754. The van der Waals surface area contributed by atoms with Gasteiger partial charge in [0.25, 0.3) is 10.1 Å². The first-order valence-electron chi connectivity index (χ1n) is 15.5. The molecule has 0 aromatic carbocycles. The molecule has 3 nitrogen and oxygen atoms in total. The van der Waals surface area contributed by atoms with Gasteiger partial charge in [0.15, 0.2) is 0 Å². The lowest BCUT2D eigenvalue weighted by molar-refractivity contribution is 0.305. The lowest BCUT2D eigenvalue weighted by Gasteiger charge is -2.06. The topological polar surface area (TPSA) is 43.4 Å². The molecule has 0 fully saturated rings. The lowest BCUT2D eigenvalue weighted by Crippen LogP contribution is -2.11. The van der Waals surface area contributed by atoms with Crippen LogP contribution in [0.15, 0.2) is 0 Å². The summed E-state index contributed by atoms with van der Waals surface area (Å²) < 4.78 is 29.1. The summed E-state index contributed by atoms with van der Waals surface area (Å²) in [6.45, 7) is 4.89. The van der Waals surface area contributed by atoms with E-state index >= 15 is 0 Å². The van der Waals surface area contributed by atoms with Crippen molar-refractivity contribution in [2.75, 3.05) is 12.4 Å². The highest BCUT2D eigenvalue weighted by atomic mass is 32.2. The molecule has 0 aliphatic rings. The molecule has 0 saturated heterocycles. The highest BCUT2D eigenvalue weighted by Gasteiger charge is 2.10. The first-order valence-corrected chi connectivity index (χ1v) is 17.1. The Hall–Kier alpha value is -0.0900. The van der Waals surface area contributed by atoms with E-state index in [1.54, 1.807) is 0 Å². The minimum Gasteiger partial charge on any atom is -0.270 e. The van der Waals surface area contributed by atoms with E-state index in [-0.39, 0.29) is 5.75 Å². The van der Waals surface area contributed by atoms with Gasteiger partial charge < -0.3 is 0 Å². The molecule has 0 aromatic rings. The van der Waals surface area contributed by atoms with Crippen molar-refractivity contribution in [2.45, 2.75) is 181 Å². The normalized spacial score (nSPS) is 11.9. The molecule has 0 spiro atoms. The van der Waals surface area contributed by atoms with E-state index in [9.17, 15) is 8.42 Å². The smallest absolute Gasteiger partial charge is 0.267 e. The monoisotopic (exact) mass is 502 g/mol. The van der Waals surface area contributed by atoms with Gasteiger partial charge in [-0.25, -0.2) is 0 Å². The second-order valence-corrected chi connectivity index (χ2v) is 12.3. The highest BCUT2D eigenvalue weighted by molar-refractivity contribution is 7.86. The fourth-order valence-corrected chi connectivity index (χ4v) is 5.71. The van der Waals surface area contributed by atoms with Gasteiger partial charge in [-0.05, 0) is 12.8 Å². The summed E-state index contributed by atoms with van der Waals surface area (Å²) in [5.74, 6) is 0.195. The minimum atomic E-state index is -3.31. The second-order valence-electron chi connectivity index (χ2n) is 10.6. The van der Waals surface area contributed by atoms with Crippen molar-refractivity contribution in [3.05, 3.63) is 0 Å². The number of hydrogen-bond donors (Lipinski definition) is 0. The van der Waals surface area contributed by atoms with Crippen molar-refractivity contribution < 1.29 is 12.6 Å². The average Bonchev–Trinajstić information content (AvgIpc) is 2.82. The van der Waals surface area contributed by atoms with Crippen LogP contribution < -0.4 is 0 Å². The Morgan fingerprint density at radius 3 is 0.971 bits per heavy atom. The van der Waals surface area contributed by atoms with Crippen LogP contribution >= 0.6 is 0 Å². The van der Waals surface area contributed by atoms with Gasteiger partial charge in [0, 0.05) is 0 Å². The van der Waals surface area contributed by atoms with Crippen molar-refractivity contribution in [1.29, 1.82) is 0 Å². The predicted molar refractivity (Wildman–Crippen MR) is 151 cm³/mol. The fourth-order valence-electron chi connectivity index (χ4n) is 4.66. The van der Waals surface area contributed by atoms with E-state index in [0.717, 1.165) is 32.1 Å². The molecule has 0 rings (SSSR count). The first kappa shape index (κ1) is 33.9. The number of unbranched alkanes of at least 4 members (excludes halogenated alkanes) is 24. The third-order valence-electron chi connectivity index (χ3n) is 7.01. The van der Waals surface area contributed by atoms with Crippen LogP contribution in [0.3, 0.4) is 0 Å². The summed E-state index contributed by atoms with van der Waals surface area (Å²) in [4.78, 5) is 0. The maximum Gasteiger partial charge on any atom is 0.267 e. The minimum absolute atomic E-state index is 0.195. The van der Waals surface area contributed by atoms with Gasteiger partial charge in [-0.2, -0.15) is 8.42 Å². The molecule has 0 saturated carbocycles. The summed E-state index contributed by atoms with van der Waals surface area (Å²) in [6, 6.07) is 0. The molecule has 0 aliphatic carbocycles. The molecular formula is C30H62O3S. The molecule has 34 heavy (non-hydrogen) atoms. The lowest BCUT2D eigenvalue weighted by atomic mass is 10.0. The summed E-state index contributed by atoms with van der Waals surface area (Å²) >= 11 is 0. The third kappa shape index (κ3) is 28.1. The zero-order chi connectivity index (χ0) is 25.0. The maximum absolute atomic E-state index is 12.0. The van der Waals surface area contributed by atoms with Crippen LogP contribution in [-0.2, 0) is 14.3 Å². The number of hydrogen-bond acceptors (Lipinski definition) is 3. The Morgan fingerprint density at radius 2 is 0.647 bits per heavy atom. The molecule has 0 amide bonds. The molecule has 0 aromatic heterocycles. The SMILES string of the molecule is CCCCCCCCCCCCCCCCCCCCOS(=O)(=O)CCCCCCCCCC. The summed E-state index contributed by atoms with van der Waals surface area (Å²) in [5, 5.41) is 0. The first-order chi connectivity index (χ1) is 16.6. The van der Waals surface area contributed by atoms with Gasteiger partial charge in [0.1, 0.15) is 0 Å². The number of rotatable bonds is 29. The van der Waals surface area contributed by atoms with Crippen molar-refractivity contribution >= 4 is 10.1 Å². The van der Waals surface area contributed by atoms with Gasteiger partial charge in [-0.3, -0.25) is 4.18 Å². The van der Waals surface area contributed by atoms with Gasteiger partial charge in [-0.15, -0.1) is 0 Å². The highest BCUT2D eigenvalue weighted by Crippen LogP contribution is 2.15. The summed E-state index contributed by atoms with van der Waals surface area (Å²) in [7, 11) is -3.31. The third-order valence-corrected chi connectivity index (χ3v) is 8.32. The van der Waals surface area contributed by atoms with E-state index in [1.165, 1.54) is 135 Å². The van der Waals surface area contributed by atoms with Crippen molar-refractivity contribution in [2.24, 2.45) is 0 Å². The Balaban J connectivity index is 3.25. The van der Waals surface area contributed by atoms with Crippen LogP contribution in [0.4, 0.5) is 0 Å². The van der Waals surface area contributed by atoms with Crippen molar-refractivity contribution in [1.82, 2.24) is 0 Å². The van der Waals surface area contributed by atoms with Crippen LogP contribution in [0.1, 0.15) is 181 Å². The Bertz CT molecular complexity index is 475. The van der Waals surface area contributed by atoms with E-state index in [2.05, 4.69) is 13.8 Å². The average molecular weight is 503 g/mol. The molecule has 4 heteroatoms. The molecule has 0 N–H and O–H groups in total. The standard InChI is InChI=1S/C30H62O3S/c1-3-5-7-9-11-13-14-15-16-17-18-19-20-21-22-23-25-27-29-33-34(31,32)30-28-26-24-12-10-8-6-4-2/h3-30H2,1-2H3. The van der Waals surface area contributed by atoms with Crippen LogP contribution in [0.2, 0.25) is 0 Å². The van der Waals surface area contributed by atoms with Gasteiger partial charge in [0.05, 0.1) is 12.4 Å². The van der Waals surface area contributed by atoms with Crippen LogP contribution in [-0.4, -0.2) is 20.8 Å². The molecule has 0 bridgehead atoms. The second kappa shape index (κ2) is 27.5. The van der Waals surface area contributed by atoms with E-state index in [4.69, 9.17) is 4.18 Å². The van der Waals surface area contributed by atoms with Gasteiger partial charge in [0.2, 0.25) is 0 Å². The largest absolute Gasteiger partial charge is 0.270 e. The van der Waals surface area contributed by atoms with Crippen LogP contribution in [0.5, 0.6) is 0 Å². The molecule has 0 aliphatic heterocycles. The Morgan fingerprint density at radius 1 is 0.382 bits per heavy atom. The predicted octanol–water partition coefficient (Wildman–Crippen LogP) is 10.5. The van der Waals surface area contributed by atoms with Crippen LogP contribution in [0.25, 0.3) is 0 Å². The zero-order valence-electron chi connectivity index (χ0n) is 23.4. The van der Waals surface area contributed by atoms with E-state index in [0.29, 0.717) is 6.61 Å². The van der Waals surface area contributed by atoms with Gasteiger partial charge in [-0.1, -0.05) is 168 Å². The van der Waals surface area contributed by atoms with Gasteiger partial charge >= 0.3 is 0 Å². The molecule has 0 heterocycles. The Labute approximate surface area is 215 Å². The Kier molecular flexibility index (Phi) is 27.4. The summed E-state index contributed by atoms with van der Waals surface area (Å²) in [5.41, 5.74) is 0.